The molecule has 8 heteroatoms. The van der Waals surface area contributed by atoms with Crippen LogP contribution in [0, 0.1) is 0 Å². The number of carbonyl (C=O) groups is 1. The molecule has 21 heavy (non-hydrogen) atoms. The lowest BCUT2D eigenvalue weighted by atomic mass is 10.2. The maximum Gasteiger partial charge on any atom is 0.253 e. The third-order valence-electron chi connectivity index (χ3n) is 2.75. The molecule has 0 bridgehead atoms. The Bertz CT molecular complexity index is 790. The lowest BCUT2D eigenvalue weighted by molar-refractivity contribution is 0.0950. The van der Waals surface area contributed by atoms with E-state index < -0.39 is 10.0 Å². The van der Waals surface area contributed by atoms with Crippen LogP contribution in [0.1, 0.15) is 15.9 Å². The molecule has 0 spiro atoms. The van der Waals surface area contributed by atoms with E-state index in [1.54, 1.807) is 12.1 Å². The highest BCUT2D eigenvalue weighted by Gasteiger charge is 2.08. The molecule has 1 heterocycles. The van der Waals surface area contributed by atoms with Crippen LogP contribution >= 0.6 is 0 Å². The first-order valence-corrected chi connectivity index (χ1v) is 7.49. The van der Waals surface area contributed by atoms with Crippen LogP contribution in [0.15, 0.2) is 52.3 Å². The van der Waals surface area contributed by atoms with Gasteiger partial charge in [0.05, 0.1) is 10.5 Å². The highest BCUT2D eigenvalue weighted by Crippen LogP contribution is 2.08. The Morgan fingerprint density at radius 1 is 1.14 bits per heavy atom. The van der Waals surface area contributed by atoms with Gasteiger partial charge in [-0.3, -0.25) is 9.59 Å². The Morgan fingerprint density at radius 3 is 2.33 bits per heavy atom. The van der Waals surface area contributed by atoms with Crippen LogP contribution in [-0.2, 0) is 16.6 Å². The Morgan fingerprint density at radius 2 is 1.81 bits per heavy atom. The van der Waals surface area contributed by atoms with Crippen molar-refractivity contribution in [1.29, 1.82) is 0 Å². The first-order valence-electron chi connectivity index (χ1n) is 5.95. The molecule has 4 N–H and O–H groups in total. The van der Waals surface area contributed by atoms with Crippen LogP contribution in [-0.4, -0.2) is 19.3 Å². The van der Waals surface area contributed by atoms with E-state index in [9.17, 15) is 18.0 Å². The minimum atomic E-state index is -3.72. The van der Waals surface area contributed by atoms with Gasteiger partial charge in [-0.15, -0.1) is 0 Å². The molecule has 1 aromatic carbocycles. The molecule has 0 atom stereocenters. The zero-order valence-electron chi connectivity index (χ0n) is 10.9. The summed E-state index contributed by atoms with van der Waals surface area (Å²) >= 11 is 0. The zero-order valence-corrected chi connectivity index (χ0v) is 11.7. The van der Waals surface area contributed by atoms with E-state index in [0.29, 0.717) is 5.56 Å². The summed E-state index contributed by atoms with van der Waals surface area (Å²) < 4.78 is 22.2. The lowest BCUT2D eigenvalue weighted by Crippen LogP contribution is -2.23. The van der Waals surface area contributed by atoms with E-state index in [4.69, 9.17) is 5.14 Å². The minimum Gasteiger partial charge on any atom is -0.348 e. The summed E-state index contributed by atoms with van der Waals surface area (Å²) in [4.78, 5) is 25.1. The molecule has 0 fully saturated rings. The Hall–Kier alpha value is -2.45. The first-order chi connectivity index (χ1) is 9.86. The number of nitrogens with one attached hydrogen (secondary N) is 2. The number of aromatic nitrogens is 1. The van der Waals surface area contributed by atoms with Crippen LogP contribution in [0.4, 0.5) is 0 Å². The van der Waals surface area contributed by atoms with Crippen molar-refractivity contribution in [3.05, 3.63) is 64.1 Å². The fraction of sp³-hybridized carbons (Fsp3) is 0.0769. The van der Waals surface area contributed by atoms with Gasteiger partial charge in [0.1, 0.15) is 0 Å². The highest BCUT2D eigenvalue weighted by atomic mass is 32.2. The number of primary sulfonamides is 1. The zero-order chi connectivity index (χ0) is 15.5. The van der Waals surface area contributed by atoms with E-state index in [1.165, 1.54) is 30.5 Å². The fourth-order valence-electron chi connectivity index (χ4n) is 1.63. The Balaban J connectivity index is 2.01. The molecule has 0 aliphatic rings. The average molecular weight is 307 g/mol. The summed E-state index contributed by atoms with van der Waals surface area (Å²) in [6, 6.07) is 8.54. The van der Waals surface area contributed by atoms with Gasteiger partial charge in [0, 0.05) is 18.8 Å². The van der Waals surface area contributed by atoms with Crippen molar-refractivity contribution in [2.45, 2.75) is 11.4 Å². The smallest absolute Gasteiger partial charge is 0.253 e. The molecule has 0 saturated heterocycles. The van der Waals surface area contributed by atoms with Crippen LogP contribution in [0.2, 0.25) is 0 Å². The second-order valence-electron chi connectivity index (χ2n) is 4.31. The number of aromatic amines is 1. The standard InChI is InChI=1S/C13H13N3O4S/c14-21(19,20)11-4-1-9(2-5-11)7-16-13(18)10-3-6-12(17)15-8-10/h1-6,8H,7H2,(H,15,17)(H,16,18)(H2,14,19,20). The van der Waals surface area contributed by atoms with Gasteiger partial charge in [-0.25, -0.2) is 13.6 Å². The van der Waals surface area contributed by atoms with Crippen LogP contribution in [0.25, 0.3) is 0 Å². The molecule has 0 unspecified atom stereocenters. The van der Waals surface area contributed by atoms with E-state index in [2.05, 4.69) is 10.3 Å². The summed E-state index contributed by atoms with van der Waals surface area (Å²) in [7, 11) is -3.72. The molecule has 1 amide bonds. The van der Waals surface area contributed by atoms with Gasteiger partial charge in [-0.2, -0.15) is 0 Å². The molecule has 0 radical (unpaired) electrons. The first kappa shape index (κ1) is 14.9. The number of rotatable bonds is 4. The SMILES string of the molecule is NS(=O)(=O)c1ccc(CNC(=O)c2ccc(=O)[nH]c2)cc1. The quantitative estimate of drug-likeness (QED) is 0.733. The summed E-state index contributed by atoms with van der Waals surface area (Å²) in [5.41, 5.74) is 0.765. The summed E-state index contributed by atoms with van der Waals surface area (Å²) in [6.07, 6.45) is 1.32. The molecular weight excluding hydrogens is 294 g/mol. The van der Waals surface area contributed by atoms with Crippen molar-refractivity contribution >= 4 is 15.9 Å². The maximum atomic E-state index is 11.8. The number of nitrogens with two attached hydrogens (primary N) is 1. The fourth-order valence-corrected chi connectivity index (χ4v) is 2.15. The Kier molecular flexibility index (Phi) is 4.20. The van der Waals surface area contributed by atoms with Gasteiger partial charge in [0.2, 0.25) is 15.6 Å². The second kappa shape index (κ2) is 5.90. The van der Waals surface area contributed by atoms with Gasteiger partial charge in [-0.1, -0.05) is 12.1 Å². The molecule has 2 aromatic rings. The molecule has 0 saturated carbocycles. The summed E-state index contributed by atoms with van der Waals surface area (Å²) in [5, 5.41) is 7.64. The van der Waals surface area contributed by atoms with Gasteiger partial charge in [0.15, 0.2) is 0 Å². The van der Waals surface area contributed by atoms with Crippen molar-refractivity contribution in [2.75, 3.05) is 0 Å². The molecule has 110 valence electrons. The van der Waals surface area contributed by atoms with Crippen LogP contribution in [0.3, 0.4) is 0 Å². The van der Waals surface area contributed by atoms with Gasteiger partial charge >= 0.3 is 0 Å². The summed E-state index contributed by atoms with van der Waals surface area (Å²) in [5.74, 6) is -0.346. The third kappa shape index (κ3) is 4.01. The normalized spacial score (nSPS) is 11.1. The van der Waals surface area contributed by atoms with Crippen molar-refractivity contribution in [3.63, 3.8) is 0 Å². The number of amides is 1. The molecular formula is C13H13N3O4S. The van der Waals surface area contributed by atoms with Gasteiger partial charge in [-0.05, 0) is 23.8 Å². The lowest BCUT2D eigenvalue weighted by Gasteiger charge is -2.06. The number of sulfonamides is 1. The third-order valence-corrected chi connectivity index (χ3v) is 3.68. The van der Waals surface area contributed by atoms with Gasteiger partial charge < -0.3 is 10.3 Å². The minimum absolute atomic E-state index is 0.0122. The number of pyridine rings is 1. The van der Waals surface area contributed by atoms with Crippen LogP contribution < -0.4 is 16.0 Å². The number of carbonyl (C=O) groups excluding carboxylic acids is 1. The molecule has 0 aliphatic heterocycles. The molecule has 2 rings (SSSR count). The average Bonchev–Trinajstić information content (AvgIpc) is 2.45. The number of hydrogen-bond donors (Lipinski definition) is 3. The van der Waals surface area contributed by atoms with E-state index in [1.807, 2.05) is 0 Å². The van der Waals surface area contributed by atoms with Crippen molar-refractivity contribution in [3.8, 4) is 0 Å². The predicted molar refractivity (Wildman–Crippen MR) is 76.0 cm³/mol. The Labute approximate surface area is 120 Å². The van der Waals surface area contributed by atoms with Crippen molar-refractivity contribution in [1.82, 2.24) is 10.3 Å². The maximum absolute atomic E-state index is 11.8. The number of H-pyrrole nitrogens is 1. The molecule has 0 aliphatic carbocycles. The topological polar surface area (TPSA) is 122 Å². The van der Waals surface area contributed by atoms with Crippen LogP contribution in [0.5, 0.6) is 0 Å². The van der Waals surface area contributed by atoms with Gasteiger partial charge in [0.25, 0.3) is 5.91 Å². The second-order valence-corrected chi connectivity index (χ2v) is 5.87. The highest BCUT2D eigenvalue weighted by molar-refractivity contribution is 7.89. The molecule has 1 aromatic heterocycles. The predicted octanol–water partition coefficient (Wildman–Crippen LogP) is -0.0477. The summed E-state index contributed by atoms with van der Waals surface area (Å²) in [6.45, 7) is 0.225. The largest absolute Gasteiger partial charge is 0.348 e. The van der Waals surface area contributed by atoms with Crippen molar-refractivity contribution in [2.24, 2.45) is 5.14 Å². The van der Waals surface area contributed by atoms with E-state index in [0.717, 1.165) is 5.56 Å². The van der Waals surface area contributed by atoms with E-state index in [-0.39, 0.29) is 22.9 Å². The van der Waals surface area contributed by atoms with E-state index >= 15 is 0 Å². The molecule has 7 nitrogen and oxygen atoms in total. The number of benzene rings is 1. The van der Waals surface area contributed by atoms with Crippen molar-refractivity contribution < 1.29 is 13.2 Å². The number of hydrogen-bond acceptors (Lipinski definition) is 4. The monoisotopic (exact) mass is 307 g/mol.